The summed E-state index contributed by atoms with van der Waals surface area (Å²) in [6, 6.07) is 12.7. The summed E-state index contributed by atoms with van der Waals surface area (Å²) in [6.07, 6.45) is 4.80. The first kappa shape index (κ1) is 17.8. The van der Waals surface area contributed by atoms with Gasteiger partial charge < -0.3 is 9.73 Å². The lowest BCUT2D eigenvalue weighted by molar-refractivity contribution is 0.0951. The van der Waals surface area contributed by atoms with Crippen molar-refractivity contribution in [3.63, 3.8) is 0 Å². The van der Waals surface area contributed by atoms with E-state index in [1.807, 2.05) is 6.07 Å². The van der Waals surface area contributed by atoms with E-state index in [0.717, 1.165) is 5.56 Å². The van der Waals surface area contributed by atoms with E-state index in [2.05, 4.69) is 15.0 Å². The average molecular weight is 371 g/mol. The molecule has 134 valence electrons. The first-order valence-corrected chi connectivity index (χ1v) is 9.32. The number of pyridine rings is 1. The first-order valence-electron chi connectivity index (χ1n) is 7.84. The molecule has 2 aromatic heterocycles. The number of benzene rings is 1. The van der Waals surface area contributed by atoms with Crippen LogP contribution in [0.5, 0.6) is 0 Å². The van der Waals surface area contributed by atoms with Gasteiger partial charge in [-0.25, -0.2) is 13.1 Å². The van der Waals surface area contributed by atoms with Gasteiger partial charge in [0.25, 0.3) is 5.91 Å². The molecule has 3 rings (SSSR count). The normalized spacial score (nSPS) is 11.2. The highest BCUT2D eigenvalue weighted by molar-refractivity contribution is 7.89. The van der Waals surface area contributed by atoms with Gasteiger partial charge in [0.05, 0.1) is 17.7 Å². The molecule has 26 heavy (non-hydrogen) atoms. The van der Waals surface area contributed by atoms with Crippen molar-refractivity contribution < 1.29 is 17.6 Å². The molecule has 2 heterocycles. The molecule has 0 fully saturated rings. The molecule has 0 saturated carbocycles. The third-order valence-corrected chi connectivity index (χ3v) is 5.04. The molecule has 0 unspecified atom stereocenters. The van der Waals surface area contributed by atoms with Gasteiger partial charge in [0.1, 0.15) is 5.76 Å². The summed E-state index contributed by atoms with van der Waals surface area (Å²) >= 11 is 0. The van der Waals surface area contributed by atoms with Crippen molar-refractivity contribution in [3.05, 3.63) is 84.1 Å². The monoisotopic (exact) mass is 371 g/mol. The summed E-state index contributed by atoms with van der Waals surface area (Å²) in [5.41, 5.74) is 1.25. The van der Waals surface area contributed by atoms with Crippen LogP contribution < -0.4 is 10.0 Å². The fourth-order valence-corrected chi connectivity index (χ4v) is 3.23. The number of sulfonamides is 1. The molecule has 0 saturated heterocycles. The Morgan fingerprint density at radius 3 is 2.50 bits per heavy atom. The highest BCUT2D eigenvalue weighted by atomic mass is 32.2. The number of furan rings is 1. The standard InChI is InChI=1S/C18H17N3O4S/c22-18(20-12-14-3-1-9-19-11-14)15-5-7-17(8-6-15)26(23,24)21-13-16-4-2-10-25-16/h1-11,21H,12-13H2,(H,20,22). The van der Waals surface area contributed by atoms with Crippen molar-refractivity contribution in [2.24, 2.45) is 0 Å². The Kier molecular flexibility index (Phi) is 5.45. The van der Waals surface area contributed by atoms with E-state index in [1.165, 1.54) is 30.5 Å². The van der Waals surface area contributed by atoms with Gasteiger partial charge in [-0.2, -0.15) is 0 Å². The van der Waals surface area contributed by atoms with Crippen LogP contribution in [0.2, 0.25) is 0 Å². The quantitative estimate of drug-likeness (QED) is 0.662. The van der Waals surface area contributed by atoms with Crippen LogP contribution in [0.25, 0.3) is 0 Å². The molecule has 0 aliphatic heterocycles. The Balaban J connectivity index is 1.61. The zero-order chi connectivity index (χ0) is 18.4. The molecule has 1 aromatic carbocycles. The van der Waals surface area contributed by atoms with Crippen LogP contribution in [-0.4, -0.2) is 19.3 Å². The van der Waals surface area contributed by atoms with Crippen LogP contribution in [0.4, 0.5) is 0 Å². The minimum absolute atomic E-state index is 0.0582. The van der Waals surface area contributed by atoms with Gasteiger partial charge in [-0.15, -0.1) is 0 Å². The number of hydrogen-bond acceptors (Lipinski definition) is 5. The number of amides is 1. The van der Waals surface area contributed by atoms with Gasteiger partial charge in [-0.05, 0) is 48.0 Å². The predicted octanol–water partition coefficient (Wildman–Crippen LogP) is 2.08. The van der Waals surface area contributed by atoms with Gasteiger partial charge in [-0.3, -0.25) is 9.78 Å². The first-order chi connectivity index (χ1) is 12.5. The summed E-state index contributed by atoms with van der Waals surface area (Å²) in [4.78, 5) is 16.2. The Labute approximate surface area is 151 Å². The second-order valence-electron chi connectivity index (χ2n) is 5.47. The Morgan fingerprint density at radius 2 is 1.85 bits per heavy atom. The second kappa shape index (κ2) is 7.94. The van der Waals surface area contributed by atoms with E-state index in [0.29, 0.717) is 17.9 Å². The Morgan fingerprint density at radius 1 is 1.04 bits per heavy atom. The van der Waals surface area contributed by atoms with E-state index >= 15 is 0 Å². The van der Waals surface area contributed by atoms with Crippen LogP contribution in [0, 0.1) is 0 Å². The van der Waals surface area contributed by atoms with Crippen LogP contribution >= 0.6 is 0 Å². The number of nitrogens with one attached hydrogen (secondary N) is 2. The molecule has 0 aliphatic rings. The van der Waals surface area contributed by atoms with Crippen molar-refractivity contribution in [1.82, 2.24) is 15.0 Å². The fraction of sp³-hybridized carbons (Fsp3) is 0.111. The van der Waals surface area contributed by atoms with Crippen LogP contribution in [-0.2, 0) is 23.1 Å². The summed E-state index contributed by atoms with van der Waals surface area (Å²) in [7, 11) is -3.68. The number of nitrogens with zero attached hydrogens (tertiary/aromatic N) is 1. The summed E-state index contributed by atoms with van der Waals surface area (Å²) < 4.78 is 32.1. The van der Waals surface area contributed by atoms with Crippen molar-refractivity contribution in [1.29, 1.82) is 0 Å². The van der Waals surface area contributed by atoms with E-state index in [1.54, 1.807) is 30.6 Å². The third-order valence-electron chi connectivity index (χ3n) is 3.62. The number of rotatable bonds is 7. The van der Waals surface area contributed by atoms with E-state index < -0.39 is 10.0 Å². The van der Waals surface area contributed by atoms with Gasteiger partial charge in [0.15, 0.2) is 0 Å². The third kappa shape index (κ3) is 4.56. The summed E-state index contributed by atoms with van der Waals surface area (Å²) in [5.74, 6) is 0.223. The average Bonchev–Trinajstić information content (AvgIpc) is 3.19. The van der Waals surface area contributed by atoms with Crippen LogP contribution in [0.1, 0.15) is 21.7 Å². The van der Waals surface area contributed by atoms with Crippen LogP contribution in [0.3, 0.4) is 0 Å². The Bertz CT molecular complexity index is 953. The highest BCUT2D eigenvalue weighted by Gasteiger charge is 2.15. The smallest absolute Gasteiger partial charge is 0.251 e. The predicted molar refractivity (Wildman–Crippen MR) is 94.6 cm³/mol. The lowest BCUT2D eigenvalue weighted by Crippen LogP contribution is -2.24. The number of carbonyl (C=O) groups excluding carboxylic acids is 1. The molecule has 3 aromatic rings. The number of hydrogen-bond donors (Lipinski definition) is 2. The molecule has 0 spiro atoms. The zero-order valence-corrected chi connectivity index (χ0v) is 14.6. The molecule has 0 atom stereocenters. The molecule has 7 nitrogen and oxygen atoms in total. The van der Waals surface area contributed by atoms with Gasteiger partial charge in [0.2, 0.25) is 10.0 Å². The zero-order valence-electron chi connectivity index (χ0n) is 13.8. The lowest BCUT2D eigenvalue weighted by atomic mass is 10.2. The van der Waals surface area contributed by atoms with Crippen molar-refractivity contribution in [3.8, 4) is 0 Å². The minimum atomic E-state index is -3.68. The molecule has 1 amide bonds. The maximum atomic E-state index is 12.3. The van der Waals surface area contributed by atoms with Crippen molar-refractivity contribution in [2.45, 2.75) is 18.0 Å². The van der Waals surface area contributed by atoms with Gasteiger partial charge in [0, 0.05) is 24.5 Å². The minimum Gasteiger partial charge on any atom is -0.468 e. The van der Waals surface area contributed by atoms with Gasteiger partial charge in [-0.1, -0.05) is 6.07 Å². The van der Waals surface area contributed by atoms with Crippen LogP contribution in [0.15, 0.2) is 76.5 Å². The van der Waals surface area contributed by atoms with E-state index in [-0.39, 0.29) is 17.3 Å². The molecular weight excluding hydrogens is 354 g/mol. The number of carbonyl (C=O) groups is 1. The molecule has 0 bridgehead atoms. The molecule has 8 heteroatoms. The highest BCUT2D eigenvalue weighted by Crippen LogP contribution is 2.12. The van der Waals surface area contributed by atoms with E-state index in [9.17, 15) is 13.2 Å². The van der Waals surface area contributed by atoms with Gasteiger partial charge >= 0.3 is 0 Å². The molecule has 2 N–H and O–H groups in total. The number of aromatic nitrogens is 1. The second-order valence-corrected chi connectivity index (χ2v) is 7.24. The van der Waals surface area contributed by atoms with E-state index in [4.69, 9.17) is 4.42 Å². The fourth-order valence-electron chi connectivity index (χ4n) is 2.24. The largest absolute Gasteiger partial charge is 0.468 e. The topological polar surface area (TPSA) is 101 Å². The maximum absolute atomic E-state index is 12.3. The van der Waals surface area contributed by atoms with Crippen molar-refractivity contribution >= 4 is 15.9 Å². The summed E-state index contributed by atoms with van der Waals surface area (Å²) in [6.45, 7) is 0.403. The Hall–Kier alpha value is -2.97. The summed E-state index contributed by atoms with van der Waals surface area (Å²) in [5, 5.41) is 2.76. The molecule has 0 radical (unpaired) electrons. The molecular formula is C18H17N3O4S. The maximum Gasteiger partial charge on any atom is 0.251 e. The lowest BCUT2D eigenvalue weighted by Gasteiger charge is -2.08. The SMILES string of the molecule is O=C(NCc1cccnc1)c1ccc(S(=O)(=O)NCc2ccco2)cc1. The van der Waals surface area contributed by atoms with Crippen molar-refractivity contribution in [2.75, 3.05) is 0 Å². The molecule has 0 aliphatic carbocycles.